The van der Waals surface area contributed by atoms with E-state index in [9.17, 15) is 9.59 Å². The van der Waals surface area contributed by atoms with Crippen molar-refractivity contribution in [1.82, 2.24) is 0 Å². The van der Waals surface area contributed by atoms with Crippen molar-refractivity contribution >= 4 is 11.6 Å². The summed E-state index contributed by atoms with van der Waals surface area (Å²) < 4.78 is 0. The lowest BCUT2D eigenvalue weighted by Crippen LogP contribution is -2.54. The normalized spacial score (nSPS) is 42.7. The number of ketones is 2. The van der Waals surface area contributed by atoms with E-state index in [1.807, 2.05) is 13.0 Å². The summed E-state index contributed by atoms with van der Waals surface area (Å²) >= 11 is 0. The van der Waals surface area contributed by atoms with Crippen LogP contribution in [0.4, 0.5) is 0 Å². The fourth-order valence-electron chi connectivity index (χ4n) is 8.63. The highest BCUT2D eigenvalue weighted by atomic mass is 16.1. The van der Waals surface area contributed by atoms with E-state index in [-0.39, 0.29) is 16.2 Å². The predicted molar refractivity (Wildman–Crippen MR) is 120 cm³/mol. The quantitative estimate of drug-likeness (QED) is 0.589. The Morgan fingerprint density at radius 1 is 0.967 bits per heavy atom. The van der Waals surface area contributed by atoms with Crippen molar-refractivity contribution in [2.24, 2.45) is 34.0 Å². The van der Waals surface area contributed by atoms with E-state index in [1.165, 1.54) is 30.4 Å². The van der Waals surface area contributed by atoms with Gasteiger partial charge in [0.1, 0.15) is 5.78 Å². The van der Waals surface area contributed by atoms with Gasteiger partial charge in [-0.05, 0) is 98.5 Å². The van der Waals surface area contributed by atoms with Crippen molar-refractivity contribution in [3.8, 4) is 0 Å². The van der Waals surface area contributed by atoms with Crippen LogP contribution in [0.15, 0.2) is 42.0 Å². The molecule has 0 spiro atoms. The minimum Gasteiger partial charge on any atom is -0.299 e. The SMILES string of the molecule is CC(=O)[C@@]1(Cc2ccccc2)CC[C@H]2[C@@H]3CCC4=CC(=O)CC[C@]4(C)[C@H]3CC[C@@]21C. The molecular formula is C28H36O2. The zero-order valence-corrected chi connectivity index (χ0v) is 18.9. The van der Waals surface area contributed by atoms with E-state index < -0.39 is 0 Å². The van der Waals surface area contributed by atoms with Crippen LogP contribution in [-0.4, -0.2) is 11.6 Å². The molecule has 0 bridgehead atoms. The third kappa shape index (κ3) is 2.68. The monoisotopic (exact) mass is 404 g/mol. The topological polar surface area (TPSA) is 34.1 Å². The first-order chi connectivity index (χ1) is 14.3. The summed E-state index contributed by atoms with van der Waals surface area (Å²) in [5, 5.41) is 0. The maximum Gasteiger partial charge on any atom is 0.155 e. The Bertz CT molecular complexity index is 898. The molecule has 1 aromatic carbocycles. The molecule has 0 N–H and O–H groups in total. The summed E-state index contributed by atoms with van der Waals surface area (Å²) in [6.07, 6.45) is 11.5. The summed E-state index contributed by atoms with van der Waals surface area (Å²) in [6.45, 7) is 6.77. The van der Waals surface area contributed by atoms with Crippen molar-refractivity contribution in [2.75, 3.05) is 0 Å². The van der Waals surface area contributed by atoms with Gasteiger partial charge in [-0.25, -0.2) is 0 Å². The Kier molecular flexibility index (Phi) is 4.65. The average Bonchev–Trinajstić information content (AvgIpc) is 3.03. The maximum atomic E-state index is 13.3. The standard InChI is InChI=1S/C28H36O2/c1-19(29)28(18-20-7-5-4-6-8-20)16-13-25-23-10-9-21-17-22(30)11-14-26(21,2)24(23)12-15-27(25,28)3/h4-8,17,23-25H,9-16,18H2,1-3H3/t23-,24+,25+,26+,27+,28+/m1/s1. The number of hydrogen-bond acceptors (Lipinski definition) is 2. The number of rotatable bonds is 3. The van der Waals surface area contributed by atoms with Crippen LogP contribution in [0.25, 0.3) is 0 Å². The lowest BCUT2D eigenvalue weighted by atomic mass is 9.44. The number of Topliss-reactive ketones (excluding diaryl/α,β-unsaturated/α-hetero) is 1. The minimum absolute atomic E-state index is 0.0951. The molecule has 4 aliphatic rings. The average molecular weight is 405 g/mol. The van der Waals surface area contributed by atoms with Gasteiger partial charge in [-0.3, -0.25) is 9.59 Å². The van der Waals surface area contributed by atoms with E-state index in [2.05, 4.69) is 44.2 Å². The maximum absolute atomic E-state index is 13.3. The predicted octanol–water partition coefficient (Wildman–Crippen LogP) is 6.34. The van der Waals surface area contributed by atoms with Crippen LogP contribution in [0.2, 0.25) is 0 Å². The molecule has 0 aromatic heterocycles. The van der Waals surface area contributed by atoms with Crippen molar-refractivity contribution in [3.05, 3.63) is 47.5 Å². The lowest BCUT2D eigenvalue weighted by Gasteiger charge is -2.59. The lowest BCUT2D eigenvalue weighted by molar-refractivity contribution is -0.141. The highest BCUT2D eigenvalue weighted by molar-refractivity contribution is 5.91. The molecule has 2 heteroatoms. The molecule has 30 heavy (non-hydrogen) atoms. The highest BCUT2D eigenvalue weighted by Gasteiger charge is 2.65. The summed E-state index contributed by atoms with van der Waals surface area (Å²) in [4.78, 5) is 25.3. The second-order valence-electron chi connectivity index (χ2n) is 11.3. The van der Waals surface area contributed by atoms with Crippen LogP contribution in [-0.2, 0) is 16.0 Å². The zero-order valence-electron chi connectivity index (χ0n) is 18.9. The fourth-order valence-corrected chi connectivity index (χ4v) is 8.63. The molecule has 5 rings (SSSR count). The fraction of sp³-hybridized carbons (Fsp3) is 0.643. The molecule has 2 nitrogen and oxygen atoms in total. The van der Waals surface area contributed by atoms with Crippen LogP contribution in [0, 0.1) is 34.0 Å². The molecule has 6 atom stereocenters. The van der Waals surface area contributed by atoms with Gasteiger partial charge in [0.2, 0.25) is 0 Å². The van der Waals surface area contributed by atoms with Gasteiger partial charge in [0.05, 0.1) is 0 Å². The van der Waals surface area contributed by atoms with Crippen LogP contribution in [0.1, 0.15) is 77.7 Å². The summed E-state index contributed by atoms with van der Waals surface area (Å²) in [6, 6.07) is 10.7. The van der Waals surface area contributed by atoms with Gasteiger partial charge in [-0.15, -0.1) is 0 Å². The number of fused-ring (bicyclic) bond motifs is 5. The molecule has 4 aliphatic carbocycles. The number of allylic oxidation sites excluding steroid dienone is 1. The molecule has 1 aromatic rings. The van der Waals surface area contributed by atoms with Gasteiger partial charge >= 0.3 is 0 Å². The second-order valence-corrected chi connectivity index (χ2v) is 11.3. The third-order valence-electron chi connectivity index (χ3n) is 10.3. The van der Waals surface area contributed by atoms with Crippen LogP contribution < -0.4 is 0 Å². The van der Waals surface area contributed by atoms with Crippen LogP contribution >= 0.6 is 0 Å². The van der Waals surface area contributed by atoms with Crippen LogP contribution in [0.3, 0.4) is 0 Å². The zero-order chi connectivity index (χ0) is 21.1. The number of benzene rings is 1. The first kappa shape index (κ1) is 20.2. The first-order valence-electron chi connectivity index (χ1n) is 12.1. The van der Waals surface area contributed by atoms with Gasteiger partial charge in [0.25, 0.3) is 0 Å². The highest BCUT2D eigenvalue weighted by Crippen LogP contribution is 2.70. The Morgan fingerprint density at radius 3 is 2.43 bits per heavy atom. The van der Waals surface area contributed by atoms with Gasteiger partial charge in [-0.2, -0.15) is 0 Å². The molecule has 0 heterocycles. The van der Waals surface area contributed by atoms with Gasteiger partial charge in [-0.1, -0.05) is 49.8 Å². The van der Waals surface area contributed by atoms with Crippen molar-refractivity contribution in [3.63, 3.8) is 0 Å². The van der Waals surface area contributed by atoms with E-state index in [0.717, 1.165) is 38.5 Å². The molecular weight excluding hydrogens is 368 g/mol. The van der Waals surface area contributed by atoms with E-state index in [4.69, 9.17) is 0 Å². The van der Waals surface area contributed by atoms with Crippen molar-refractivity contribution < 1.29 is 9.59 Å². The molecule has 0 radical (unpaired) electrons. The Morgan fingerprint density at radius 2 is 1.70 bits per heavy atom. The molecule has 0 unspecified atom stereocenters. The van der Waals surface area contributed by atoms with Crippen LogP contribution in [0.5, 0.6) is 0 Å². The molecule has 0 saturated heterocycles. The molecule has 3 fully saturated rings. The largest absolute Gasteiger partial charge is 0.299 e. The third-order valence-corrected chi connectivity index (χ3v) is 10.3. The van der Waals surface area contributed by atoms with Crippen molar-refractivity contribution in [1.29, 1.82) is 0 Å². The van der Waals surface area contributed by atoms with Gasteiger partial charge < -0.3 is 0 Å². The minimum atomic E-state index is -0.219. The number of carbonyl (C=O) groups excluding carboxylic acids is 2. The van der Waals surface area contributed by atoms with E-state index in [1.54, 1.807) is 0 Å². The summed E-state index contributed by atoms with van der Waals surface area (Å²) in [5.74, 6) is 2.76. The first-order valence-corrected chi connectivity index (χ1v) is 12.1. The second kappa shape index (κ2) is 6.90. The summed E-state index contributed by atoms with van der Waals surface area (Å²) in [7, 11) is 0. The Labute approximate surface area is 181 Å². The van der Waals surface area contributed by atoms with E-state index in [0.29, 0.717) is 29.3 Å². The van der Waals surface area contributed by atoms with E-state index >= 15 is 0 Å². The molecule has 0 aliphatic heterocycles. The smallest absolute Gasteiger partial charge is 0.155 e. The van der Waals surface area contributed by atoms with Crippen molar-refractivity contribution in [2.45, 2.75) is 78.6 Å². The summed E-state index contributed by atoms with van der Waals surface area (Å²) in [5.41, 5.74) is 2.83. The molecule has 0 amide bonds. The Balaban J connectivity index is 1.50. The van der Waals surface area contributed by atoms with Gasteiger partial charge in [0.15, 0.2) is 5.78 Å². The number of carbonyl (C=O) groups is 2. The molecule has 160 valence electrons. The molecule has 3 saturated carbocycles. The Hall–Kier alpha value is -1.70. The number of hydrogen-bond donors (Lipinski definition) is 0. The van der Waals surface area contributed by atoms with Gasteiger partial charge in [0, 0.05) is 11.8 Å².